The minimum absolute atomic E-state index is 0.0509. The first kappa shape index (κ1) is 16.9. The Labute approximate surface area is 142 Å². The van der Waals surface area contributed by atoms with Crippen molar-refractivity contribution in [1.82, 2.24) is 10.6 Å². The summed E-state index contributed by atoms with van der Waals surface area (Å²) < 4.78 is 5.58. The Morgan fingerprint density at radius 1 is 1.29 bits per heavy atom. The molecule has 1 aromatic carbocycles. The van der Waals surface area contributed by atoms with Gasteiger partial charge in [0.25, 0.3) is 5.91 Å². The van der Waals surface area contributed by atoms with Gasteiger partial charge in [0, 0.05) is 19.2 Å². The van der Waals surface area contributed by atoms with Gasteiger partial charge >= 0.3 is 0 Å². The second-order valence-electron chi connectivity index (χ2n) is 6.61. The Balaban J connectivity index is 1.71. The summed E-state index contributed by atoms with van der Waals surface area (Å²) in [6.07, 6.45) is 2.61. The lowest BCUT2D eigenvalue weighted by Crippen LogP contribution is -2.54. The number of hydrogen-bond donors (Lipinski definition) is 3. The van der Waals surface area contributed by atoms with Gasteiger partial charge in [-0.25, -0.2) is 0 Å². The Bertz CT molecular complexity index is 638. The molecule has 0 saturated carbocycles. The van der Waals surface area contributed by atoms with Crippen LogP contribution in [0.25, 0.3) is 0 Å². The summed E-state index contributed by atoms with van der Waals surface area (Å²) in [5.41, 5.74) is 2.30. The van der Waals surface area contributed by atoms with Crippen molar-refractivity contribution in [3.05, 3.63) is 29.3 Å². The van der Waals surface area contributed by atoms with Gasteiger partial charge in [0.05, 0.1) is 6.04 Å². The number of amides is 2. The van der Waals surface area contributed by atoms with Crippen LogP contribution in [0.4, 0.5) is 5.69 Å². The molecule has 2 amide bonds. The molecular weight excluding hydrogens is 306 g/mol. The van der Waals surface area contributed by atoms with Gasteiger partial charge < -0.3 is 20.7 Å². The zero-order valence-electron chi connectivity index (χ0n) is 14.3. The van der Waals surface area contributed by atoms with E-state index in [0.29, 0.717) is 19.3 Å². The SMILES string of the molecule is COC1(C(=O)NC(C)c2ccc3c(c2)CCC(=O)N3)CCNCC1. The van der Waals surface area contributed by atoms with Gasteiger partial charge in [0.2, 0.25) is 5.91 Å². The fourth-order valence-electron chi connectivity index (χ4n) is 3.44. The molecule has 1 atom stereocenters. The van der Waals surface area contributed by atoms with Crippen molar-refractivity contribution < 1.29 is 14.3 Å². The number of hydrogen-bond acceptors (Lipinski definition) is 4. The van der Waals surface area contributed by atoms with Gasteiger partial charge in [-0.05, 0) is 56.5 Å². The molecule has 0 aliphatic carbocycles. The molecule has 130 valence electrons. The number of aryl methyl sites for hydroxylation is 1. The number of methoxy groups -OCH3 is 1. The lowest BCUT2D eigenvalue weighted by Gasteiger charge is -2.35. The third-order valence-corrected chi connectivity index (χ3v) is 5.09. The highest BCUT2D eigenvalue weighted by atomic mass is 16.5. The molecule has 1 unspecified atom stereocenters. The van der Waals surface area contributed by atoms with Gasteiger partial charge in [-0.2, -0.15) is 0 Å². The highest BCUT2D eigenvalue weighted by molar-refractivity contribution is 5.94. The first-order valence-electron chi connectivity index (χ1n) is 8.53. The van der Waals surface area contributed by atoms with E-state index < -0.39 is 5.60 Å². The van der Waals surface area contributed by atoms with E-state index in [1.165, 1.54) is 0 Å². The molecule has 0 bridgehead atoms. The molecule has 0 spiro atoms. The quantitative estimate of drug-likeness (QED) is 0.781. The summed E-state index contributed by atoms with van der Waals surface area (Å²) in [6.45, 7) is 3.55. The van der Waals surface area contributed by atoms with Crippen molar-refractivity contribution in [3.8, 4) is 0 Å². The molecule has 24 heavy (non-hydrogen) atoms. The fourth-order valence-corrected chi connectivity index (χ4v) is 3.44. The summed E-state index contributed by atoms with van der Waals surface area (Å²) in [6, 6.07) is 5.84. The summed E-state index contributed by atoms with van der Waals surface area (Å²) in [4.78, 5) is 24.2. The van der Waals surface area contributed by atoms with Crippen LogP contribution in [-0.2, 0) is 20.7 Å². The van der Waals surface area contributed by atoms with Crippen molar-refractivity contribution in [1.29, 1.82) is 0 Å². The van der Waals surface area contributed by atoms with E-state index in [4.69, 9.17) is 4.74 Å². The number of nitrogens with one attached hydrogen (secondary N) is 3. The Morgan fingerprint density at radius 2 is 2.04 bits per heavy atom. The molecule has 1 saturated heterocycles. The van der Waals surface area contributed by atoms with Crippen molar-refractivity contribution in [2.75, 3.05) is 25.5 Å². The van der Waals surface area contributed by atoms with Crippen LogP contribution in [0.1, 0.15) is 43.4 Å². The zero-order valence-corrected chi connectivity index (χ0v) is 14.3. The number of carbonyl (C=O) groups is 2. The molecule has 6 heteroatoms. The van der Waals surface area contributed by atoms with Crippen molar-refractivity contribution in [3.63, 3.8) is 0 Å². The first-order chi connectivity index (χ1) is 11.5. The van der Waals surface area contributed by atoms with E-state index in [0.717, 1.165) is 36.3 Å². The summed E-state index contributed by atoms with van der Waals surface area (Å²) in [7, 11) is 1.61. The lowest BCUT2D eigenvalue weighted by molar-refractivity contribution is -0.147. The molecule has 6 nitrogen and oxygen atoms in total. The second kappa shape index (κ2) is 6.91. The maximum atomic E-state index is 12.7. The number of fused-ring (bicyclic) bond motifs is 1. The van der Waals surface area contributed by atoms with Crippen LogP contribution in [0, 0.1) is 0 Å². The molecule has 1 fully saturated rings. The monoisotopic (exact) mass is 331 g/mol. The lowest BCUT2D eigenvalue weighted by atomic mass is 9.90. The maximum absolute atomic E-state index is 12.7. The van der Waals surface area contributed by atoms with Crippen LogP contribution in [0.3, 0.4) is 0 Å². The normalized spacial score (nSPS) is 20.7. The van der Waals surface area contributed by atoms with E-state index in [9.17, 15) is 9.59 Å². The van der Waals surface area contributed by atoms with Crippen LogP contribution in [-0.4, -0.2) is 37.6 Å². The molecular formula is C18H25N3O3. The molecule has 2 aliphatic heterocycles. The highest BCUT2D eigenvalue weighted by Gasteiger charge is 2.40. The predicted octanol–water partition coefficient (Wildman–Crippen LogP) is 1.52. The number of anilines is 1. The standard InChI is InChI=1S/C18H25N3O3/c1-12(20-17(23)18(24-2)7-9-19-10-8-18)13-3-5-15-14(11-13)4-6-16(22)21-15/h3,5,11-12,19H,4,6-10H2,1-2H3,(H,20,23)(H,21,22). The molecule has 2 aliphatic rings. The molecule has 0 aromatic heterocycles. The first-order valence-corrected chi connectivity index (χ1v) is 8.53. The largest absolute Gasteiger partial charge is 0.368 e. The van der Waals surface area contributed by atoms with E-state index in [2.05, 4.69) is 22.0 Å². The molecule has 2 heterocycles. The Hall–Kier alpha value is -1.92. The van der Waals surface area contributed by atoms with E-state index in [1.54, 1.807) is 7.11 Å². The van der Waals surface area contributed by atoms with Crippen LogP contribution in [0.15, 0.2) is 18.2 Å². The minimum atomic E-state index is -0.734. The number of piperidine rings is 1. The molecule has 3 rings (SSSR count). The van der Waals surface area contributed by atoms with Crippen LogP contribution < -0.4 is 16.0 Å². The van der Waals surface area contributed by atoms with E-state index in [-0.39, 0.29) is 17.9 Å². The second-order valence-corrected chi connectivity index (χ2v) is 6.61. The topological polar surface area (TPSA) is 79.5 Å². The summed E-state index contributed by atoms with van der Waals surface area (Å²) in [5.74, 6) is 0.00886. The predicted molar refractivity (Wildman–Crippen MR) is 91.8 cm³/mol. The smallest absolute Gasteiger partial charge is 0.252 e. The Morgan fingerprint density at radius 3 is 2.75 bits per heavy atom. The zero-order chi connectivity index (χ0) is 17.2. The average Bonchev–Trinajstić information content (AvgIpc) is 2.61. The van der Waals surface area contributed by atoms with Crippen LogP contribution >= 0.6 is 0 Å². The van der Waals surface area contributed by atoms with Gasteiger partial charge in [-0.3, -0.25) is 9.59 Å². The summed E-state index contributed by atoms with van der Waals surface area (Å²) >= 11 is 0. The van der Waals surface area contributed by atoms with E-state index in [1.807, 2.05) is 19.1 Å². The fraction of sp³-hybridized carbons (Fsp3) is 0.556. The van der Waals surface area contributed by atoms with Gasteiger partial charge in [0.15, 0.2) is 0 Å². The third-order valence-electron chi connectivity index (χ3n) is 5.09. The average molecular weight is 331 g/mol. The molecule has 0 radical (unpaired) electrons. The van der Waals surface area contributed by atoms with Crippen LogP contribution in [0.5, 0.6) is 0 Å². The number of ether oxygens (including phenoxy) is 1. The third kappa shape index (κ3) is 3.30. The molecule has 3 N–H and O–H groups in total. The van der Waals surface area contributed by atoms with Crippen molar-refractivity contribution >= 4 is 17.5 Å². The van der Waals surface area contributed by atoms with Gasteiger partial charge in [-0.15, -0.1) is 0 Å². The van der Waals surface area contributed by atoms with Crippen LogP contribution in [0.2, 0.25) is 0 Å². The molecule has 1 aromatic rings. The maximum Gasteiger partial charge on any atom is 0.252 e. The van der Waals surface area contributed by atoms with E-state index >= 15 is 0 Å². The highest BCUT2D eigenvalue weighted by Crippen LogP contribution is 2.28. The number of benzene rings is 1. The minimum Gasteiger partial charge on any atom is -0.368 e. The van der Waals surface area contributed by atoms with Crippen molar-refractivity contribution in [2.24, 2.45) is 0 Å². The number of carbonyl (C=O) groups excluding carboxylic acids is 2. The van der Waals surface area contributed by atoms with Crippen molar-refractivity contribution in [2.45, 2.75) is 44.2 Å². The Kier molecular flexibility index (Phi) is 4.87. The van der Waals surface area contributed by atoms with Gasteiger partial charge in [0.1, 0.15) is 5.60 Å². The van der Waals surface area contributed by atoms with Gasteiger partial charge in [-0.1, -0.05) is 12.1 Å². The summed E-state index contributed by atoms with van der Waals surface area (Å²) in [5, 5.41) is 9.23. The number of rotatable bonds is 4.